The number of aliphatic hydroxyl groups excluding tert-OH is 1. The molecular weight excluding hydrogens is 702 g/mol. The molecule has 2 aliphatic heterocycles. The minimum atomic E-state index is -4.15. The maximum Gasteiger partial charge on any atom is 0.407 e. The van der Waals surface area contributed by atoms with E-state index in [0.29, 0.717) is 5.52 Å². The number of sulfonamides is 1. The first-order valence-corrected chi connectivity index (χ1v) is 18.4. The summed E-state index contributed by atoms with van der Waals surface area (Å²) in [5.74, 6) is -2.08. The Hall–Kier alpha value is -4.19. The van der Waals surface area contributed by atoms with Crippen LogP contribution in [0.5, 0.6) is 0 Å². The molecular formula is C36H42F2N4O9S. The molecule has 0 radical (unpaired) electrons. The molecule has 2 saturated heterocycles. The SMILES string of the molecule is CNc1nc2ccc(S(=O)(=O)N(CC(C)C)C[C@@H](O)[C@H](Cc3ccccc3)NC(=O)O[C@H]3CO[C@H]4OC[C@H](OCc5ccc(F)cc5F)[C@H]43)cc2o1. The van der Waals surface area contributed by atoms with Crippen molar-refractivity contribution < 1.29 is 50.5 Å². The number of aliphatic hydroxyl groups is 1. The van der Waals surface area contributed by atoms with Crippen molar-refractivity contribution in [3.63, 3.8) is 0 Å². The van der Waals surface area contributed by atoms with Crippen LogP contribution in [0, 0.1) is 23.5 Å². The normalized spacial score (nSPS) is 21.4. The van der Waals surface area contributed by atoms with Crippen molar-refractivity contribution in [2.24, 2.45) is 11.8 Å². The summed E-state index contributed by atoms with van der Waals surface area (Å²) >= 11 is 0. The Kier molecular flexibility index (Phi) is 11.7. The molecule has 1 aromatic heterocycles. The van der Waals surface area contributed by atoms with Crippen LogP contribution >= 0.6 is 0 Å². The summed E-state index contributed by atoms with van der Waals surface area (Å²) in [6.07, 6.45) is -4.21. The summed E-state index contributed by atoms with van der Waals surface area (Å²) in [5.41, 5.74) is 1.71. The number of amides is 1. The van der Waals surface area contributed by atoms with Gasteiger partial charge >= 0.3 is 6.09 Å². The molecule has 52 heavy (non-hydrogen) atoms. The third-order valence-corrected chi connectivity index (χ3v) is 10.8. The second-order valence-electron chi connectivity index (χ2n) is 13.3. The standard InChI is InChI=1S/C36H42F2N4O9S/c1-21(2)16-42(52(45,46)25-11-12-27-30(15-25)50-35(39-3)40-27)17-29(43)28(13-22-7-5-4-6-8-22)41-36(44)51-32-20-49-34-33(32)31(19-48-34)47-18-23-9-10-24(37)14-26(23)38/h4-12,14-15,21,28-29,31-34,43H,13,16-20H2,1-3H3,(H,39,40)(H,41,44)/t28-,29+,31-,32-,33-,34+/m0/s1. The topological polar surface area (TPSA) is 162 Å². The molecule has 3 N–H and O–H groups in total. The Labute approximate surface area is 300 Å². The van der Waals surface area contributed by atoms with E-state index in [1.54, 1.807) is 13.1 Å². The van der Waals surface area contributed by atoms with Crippen molar-refractivity contribution in [2.75, 3.05) is 38.7 Å². The van der Waals surface area contributed by atoms with Gasteiger partial charge in [-0.05, 0) is 36.1 Å². The van der Waals surface area contributed by atoms with Crippen LogP contribution in [-0.4, -0.2) is 92.9 Å². The van der Waals surface area contributed by atoms with Gasteiger partial charge in [-0.1, -0.05) is 50.2 Å². The van der Waals surface area contributed by atoms with Gasteiger partial charge in [0.25, 0.3) is 6.01 Å². The lowest BCUT2D eigenvalue weighted by Gasteiger charge is -2.31. The first kappa shape index (κ1) is 37.6. The number of alkyl carbamates (subject to hydrolysis) is 1. The number of halogens is 2. The predicted molar refractivity (Wildman–Crippen MR) is 185 cm³/mol. The molecule has 0 spiro atoms. The molecule has 280 valence electrons. The molecule has 0 aliphatic carbocycles. The van der Waals surface area contributed by atoms with E-state index in [2.05, 4.69) is 15.6 Å². The summed E-state index contributed by atoms with van der Waals surface area (Å²) in [4.78, 5) is 17.7. The molecule has 2 aliphatic rings. The van der Waals surface area contributed by atoms with Gasteiger partial charge in [-0.15, -0.1) is 0 Å². The number of nitrogens with zero attached hydrogens (tertiary/aromatic N) is 2. The van der Waals surface area contributed by atoms with Crippen LogP contribution in [-0.2, 0) is 42.0 Å². The largest absolute Gasteiger partial charge is 0.443 e. The lowest BCUT2D eigenvalue weighted by Crippen LogP contribution is -2.52. The Balaban J connectivity index is 1.16. The van der Waals surface area contributed by atoms with Crippen molar-refractivity contribution >= 4 is 33.2 Å². The zero-order chi connectivity index (χ0) is 37.0. The van der Waals surface area contributed by atoms with Crippen molar-refractivity contribution in [1.82, 2.24) is 14.6 Å². The van der Waals surface area contributed by atoms with E-state index in [9.17, 15) is 27.1 Å². The Morgan fingerprint density at radius 3 is 2.50 bits per heavy atom. The first-order chi connectivity index (χ1) is 24.9. The van der Waals surface area contributed by atoms with Crippen LogP contribution in [0.25, 0.3) is 11.1 Å². The molecule has 3 aromatic carbocycles. The average Bonchev–Trinajstić information content (AvgIpc) is 3.83. The zero-order valence-corrected chi connectivity index (χ0v) is 29.7. The number of fused-ring (bicyclic) bond motifs is 2. The summed E-state index contributed by atoms with van der Waals surface area (Å²) in [6.45, 7) is 3.43. The second kappa shape index (κ2) is 16.2. The number of hydrogen-bond donors (Lipinski definition) is 3. The Morgan fingerprint density at radius 1 is 1.04 bits per heavy atom. The molecule has 0 bridgehead atoms. The number of hydrogen-bond acceptors (Lipinski definition) is 11. The van der Waals surface area contributed by atoms with Gasteiger partial charge in [-0.2, -0.15) is 9.29 Å². The lowest BCUT2D eigenvalue weighted by molar-refractivity contribution is -0.0916. The number of ether oxygens (including phenoxy) is 4. The van der Waals surface area contributed by atoms with Gasteiger partial charge in [-0.25, -0.2) is 22.0 Å². The third-order valence-electron chi connectivity index (χ3n) is 8.99. The van der Waals surface area contributed by atoms with Crippen molar-refractivity contribution in [3.05, 3.63) is 89.5 Å². The van der Waals surface area contributed by atoms with E-state index in [0.717, 1.165) is 17.7 Å². The fourth-order valence-corrected chi connectivity index (χ4v) is 8.02. The molecule has 16 heteroatoms. The van der Waals surface area contributed by atoms with E-state index in [-0.39, 0.29) is 67.3 Å². The van der Waals surface area contributed by atoms with Gasteiger partial charge < -0.3 is 39.1 Å². The molecule has 4 aromatic rings. The number of oxazole rings is 1. The Bertz CT molecular complexity index is 1950. The monoisotopic (exact) mass is 744 g/mol. The molecule has 2 fully saturated rings. The first-order valence-electron chi connectivity index (χ1n) is 17.0. The van der Waals surface area contributed by atoms with E-state index in [4.69, 9.17) is 23.4 Å². The third kappa shape index (κ3) is 8.70. The number of rotatable bonds is 15. The van der Waals surface area contributed by atoms with Crippen LogP contribution in [0.2, 0.25) is 0 Å². The number of carbonyl (C=O) groups is 1. The van der Waals surface area contributed by atoms with Crippen LogP contribution in [0.1, 0.15) is 25.0 Å². The number of nitrogens with one attached hydrogen (secondary N) is 2. The van der Waals surface area contributed by atoms with Crippen molar-refractivity contribution in [1.29, 1.82) is 0 Å². The highest BCUT2D eigenvalue weighted by Gasteiger charge is 2.51. The average molecular weight is 745 g/mol. The number of benzene rings is 3. The highest BCUT2D eigenvalue weighted by Crippen LogP contribution is 2.36. The van der Waals surface area contributed by atoms with Crippen LogP contribution in [0.3, 0.4) is 0 Å². The van der Waals surface area contributed by atoms with E-state index in [1.807, 2.05) is 44.2 Å². The highest BCUT2D eigenvalue weighted by molar-refractivity contribution is 7.89. The van der Waals surface area contributed by atoms with E-state index >= 15 is 0 Å². The second-order valence-corrected chi connectivity index (χ2v) is 15.2. The maximum atomic E-state index is 14.2. The van der Waals surface area contributed by atoms with Crippen LogP contribution in [0.4, 0.5) is 19.6 Å². The fourth-order valence-electron chi connectivity index (χ4n) is 6.38. The summed E-state index contributed by atoms with van der Waals surface area (Å²) < 4.78 is 85.5. The van der Waals surface area contributed by atoms with Crippen molar-refractivity contribution in [3.8, 4) is 0 Å². The Morgan fingerprint density at radius 2 is 1.79 bits per heavy atom. The van der Waals surface area contributed by atoms with Gasteiger partial charge in [0, 0.05) is 37.8 Å². The molecule has 0 unspecified atom stereocenters. The van der Waals surface area contributed by atoms with E-state index in [1.165, 1.54) is 22.5 Å². The molecule has 1 amide bonds. The number of anilines is 1. The highest BCUT2D eigenvalue weighted by atomic mass is 32.2. The molecule has 3 heterocycles. The molecule has 13 nitrogen and oxygen atoms in total. The minimum absolute atomic E-state index is 0.00514. The summed E-state index contributed by atoms with van der Waals surface area (Å²) in [5, 5.41) is 17.2. The summed E-state index contributed by atoms with van der Waals surface area (Å²) in [7, 11) is -2.51. The fraction of sp³-hybridized carbons (Fsp3) is 0.444. The van der Waals surface area contributed by atoms with Gasteiger partial charge in [-0.3, -0.25) is 0 Å². The van der Waals surface area contributed by atoms with Crippen LogP contribution in [0.15, 0.2) is 76.0 Å². The zero-order valence-electron chi connectivity index (χ0n) is 28.9. The summed E-state index contributed by atoms with van der Waals surface area (Å²) in [6, 6.07) is 16.0. The lowest BCUT2D eigenvalue weighted by atomic mass is 10.00. The van der Waals surface area contributed by atoms with Crippen molar-refractivity contribution in [2.45, 2.75) is 62.4 Å². The molecule has 6 rings (SSSR count). The number of aromatic nitrogens is 1. The van der Waals surface area contributed by atoms with Gasteiger partial charge in [0.1, 0.15) is 23.3 Å². The maximum absolute atomic E-state index is 14.2. The van der Waals surface area contributed by atoms with E-state index < -0.39 is 64.3 Å². The predicted octanol–water partition coefficient (Wildman–Crippen LogP) is 4.45. The molecule has 0 saturated carbocycles. The van der Waals surface area contributed by atoms with Gasteiger partial charge in [0.15, 0.2) is 11.9 Å². The minimum Gasteiger partial charge on any atom is -0.443 e. The van der Waals surface area contributed by atoms with Gasteiger partial charge in [0.2, 0.25) is 10.0 Å². The van der Waals surface area contributed by atoms with Crippen LogP contribution < -0.4 is 10.6 Å². The molecule has 6 atom stereocenters. The quantitative estimate of drug-likeness (QED) is 0.158. The van der Waals surface area contributed by atoms with Gasteiger partial charge in [0.05, 0.1) is 48.9 Å². The smallest absolute Gasteiger partial charge is 0.407 e. The number of carbonyl (C=O) groups excluding carboxylic acids is 1.